The highest BCUT2D eigenvalue weighted by molar-refractivity contribution is 4.58. The molecule has 0 radical (unpaired) electrons. The number of unbranched alkanes of at least 4 members (excludes halogenated alkanes) is 15. The molecule has 1 unspecified atom stereocenters. The molecule has 0 fully saturated rings. The van der Waals surface area contributed by atoms with Gasteiger partial charge in [-0.15, -0.1) is 0 Å². The third-order valence-corrected chi connectivity index (χ3v) is 5.68. The summed E-state index contributed by atoms with van der Waals surface area (Å²) in [4.78, 5) is 0. The van der Waals surface area contributed by atoms with E-state index in [1.165, 1.54) is 116 Å². The van der Waals surface area contributed by atoms with E-state index in [4.69, 9.17) is 9.47 Å². The van der Waals surface area contributed by atoms with Crippen LogP contribution in [0.1, 0.15) is 143 Å². The Hall–Kier alpha value is -0.0800. The van der Waals surface area contributed by atoms with E-state index in [2.05, 4.69) is 20.8 Å². The van der Waals surface area contributed by atoms with Crippen LogP contribution in [0.5, 0.6) is 0 Å². The molecule has 0 amide bonds. The van der Waals surface area contributed by atoms with Gasteiger partial charge in [0.2, 0.25) is 0 Å². The highest BCUT2D eigenvalue weighted by Crippen LogP contribution is 2.12. The molecular formula is C26H54O2. The average molecular weight is 399 g/mol. The molecule has 0 aliphatic rings. The van der Waals surface area contributed by atoms with Crippen LogP contribution in [0.2, 0.25) is 0 Å². The van der Waals surface area contributed by atoms with Crippen molar-refractivity contribution >= 4 is 0 Å². The van der Waals surface area contributed by atoms with Gasteiger partial charge in [-0.3, -0.25) is 0 Å². The molecule has 0 aliphatic heterocycles. The molecule has 170 valence electrons. The molecule has 28 heavy (non-hydrogen) atoms. The van der Waals surface area contributed by atoms with Crippen LogP contribution in [0.25, 0.3) is 0 Å². The summed E-state index contributed by atoms with van der Waals surface area (Å²) >= 11 is 0. The smallest absolute Gasteiger partial charge is 0.0808 e. The zero-order chi connectivity index (χ0) is 20.5. The first-order valence-electron chi connectivity index (χ1n) is 13.0. The SMILES string of the molecule is CCCCCCCCCCOCC(CCCC)OCCCCCCCCCC. The zero-order valence-corrected chi connectivity index (χ0v) is 20.0. The first kappa shape index (κ1) is 27.9. The summed E-state index contributed by atoms with van der Waals surface area (Å²) in [7, 11) is 0. The summed E-state index contributed by atoms with van der Waals surface area (Å²) in [6.07, 6.45) is 25.8. The molecule has 0 saturated carbocycles. The quantitative estimate of drug-likeness (QED) is 0.151. The van der Waals surface area contributed by atoms with Crippen molar-refractivity contribution in [2.75, 3.05) is 19.8 Å². The summed E-state index contributed by atoms with van der Waals surface area (Å²) in [5.41, 5.74) is 0. The Labute approximate surface area is 178 Å². The largest absolute Gasteiger partial charge is 0.379 e. The second-order valence-electron chi connectivity index (χ2n) is 8.66. The lowest BCUT2D eigenvalue weighted by atomic mass is 10.1. The summed E-state index contributed by atoms with van der Waals surface area (Å²) in [5.74, 6) is 0. The average Bonchev–Trinajstić information content (AvgIpc) is 2.71. The summed E-state index contributed by atoms with van der Waals surface area (Å²) < 4.78 is 12.1. The number of hydrogen-bond donors (Lipinski definition) is 0. The second-order valence-corrected chi connectivity index (χ2v) is 8.66. The Balaban J connectivity index is 3.52. The molecule has 2 nitrogen and oxygen atoms in total. The Kier molecular flexibility index (Phi) is 24.9. The fourth-order valence-electron chi connectivity index (χ4n) is 3.69. The first-order valence-corrected chi connectivity index (χ1v) is 13.0. The van der Waals surface area contributed by atoms with E-state index in [1.54, 1.807) is 0 Å². The predicted molar refractivity (Wildman–Crippen MR) is 125 cm³/mol. The predicted octanol–water partition coefficient (Wildman–Crippen LogP) is 8.86. The van der Waals surface area contributed by atoms with Gasteiger partial charge in [0, 0.05) is 13.2 Å². The fourth-order valence-corrected chi connectivity index (χ4v) is 3.69. The molecule has 0 aromatic rings. The molecule has 0 spiro atoms. The van der Waals surface area contributed by atoms with Crippen molar-refractivity contribution < 1.29 is 9.47 Å². The van der Waals surface area contributed by atoms with Crippen LogP contribution >= 0.6 is 0 Å². The lowest BCUT2D eigenvalue weighted by molar-refractivity contribution is -0.0233. The maximum Gasteiger partial charge on any atom is 0.0808 e. The van der Waals surface area contributed by atoms with Crippen molar-refractivity contribution in [2.45, 2.75) is 149 Å². The minimum Gasteiger partial charge on any atom is -0.379 e. The van der Waals surface area contributed by atoms with Gasteiger partial charge in [-0.25, -0.2) is 0 Å². The van der Waals surface area contributed by atoms with Crippen molar-refractivity contribution in [1.29, 1.82) is 0 Å². The fraction of sp³-hybridized carbons (Fsp3) is 1.00. The topological polar surface area (TPSA) is 18.5 Å². The molecular weight excluding hydrogens is 344 g/mol. The summed E-state index contributed by atoms with van der Waals surface area (Å²) in [6, 6.07) is 0. The van der Waals surface area contributed by atoms with Gasteiger partial charge in [0.05, 0.1) is 12.7 Å². The van der Waals surface area contributed by atoms with E-state index in [0.717, 1.165) is 26.2 Å². The van der Waals surface area contributed by atoms with Gasteiger partial charge in [0.15, 0.2) is 0 Å². The molecule has 2 heteroatoms. The van der Waals surface area contributed by atoms with Gasteiger partial charge in [0.1, 0.15) is 0 Å². The molecule has 0 aliphatic carbocycles. The highest BCUT2D eigenvalue weighted by atomic mass is 16.5. The monoisotopic (exact) mass is 398 g/mol. The Morgan fingerprint density at radius 2 is 0.893 bits per heavy atom. The van der Waals surface area contributed by atoms with Crippen molar-refractivity contribution in [3.63, 3.8) is 0 Å². The third-order valence-electron chi connectivity index (χ3n) is 5.68. The number of rotatable bonds is 24. The molecule has 0 bridgehead atoms. The van der Waals surface area contributed by atoms with Gasteiger partial charge in [-0.1, -0.05) is 124 Å². The van der Waals surface area contributed by atoms with E-state index in [0.29, 0.717) is 6.10 Å². The van der Waals surface area contributed by atoms with Crippen LogP contribution < -0.4 is 0 Å². The van der Waals surface area contributed by atoms with Gasteiger partial charge in [-0.05, 0) is 19.3 Å². The highest BCUT2D eigenvalue weighted by Gasteiger charge is 2.09. The van der Waals surface area contributed by atoms with Gasteiger partial charge < -0.3 is 9.47 Å². The third kappa shape index (κ3) is 22.2. The molecule has 1 atom stereocenters. The van der Waals surface area contributed by atoms with Crippen LogP contribution in [0.15, 0.2) is 0 Å². The Bertz CT molecular complexity index is 267. The van der Waals surface area contributed by atoms with E-state index in [-0.39, 0.29) is 0 Å². The van der Waals surface area contributed by atoms with E-state index in [9.17, 15) is 0 Å². The van der Waals surface area contributed by atoms with Crippen molar-refractivity contribution in [1.82, 2.24) is 0 Å². The lowest BCUT2D eigenvalue weighted by Crippen LogP contribution is -2.21. The number of ether oxygens (including phenoxy) is 2. The normalized spacial score (nSPS) is 12.5. The van der Waals surface area contributed by atoms with Gasteiger partial charge >= 0.3 is 0 Å². The van der Waals surface area contributed by atoms with Crippen LogP contribution in [0.4, 0.5) is 0 Å². The Morgan fingerprint density at radius 1 is 0.464 bits per heavy atom. The van der Waals surface area contributed by atoms with E-state index < -0.39 is 0 Å². The van der Waals surface area contributed by atoms with Crippen LogP contribution in [-0.2, 0) is 9.47 Å². The summed E-state index contributed by atoms with van der Waals surface area (Å²) in [5, 5.41) is 0. The minimum atomic E-state index is 0.318. The molecule has 0 rings (SSSR count). The van der Waals surface area contributed by atoms with Gasteiger partial charge in [-0.2, -0.15) is 0 Å². The molecule has 0 saturated heterocycles. The minimum absolute atomic E-state index is 0.318. The summed E-state index contributed by atoms with van der Waals surface area (Å²) in [6.45, 7) is 9.46. The maximum atomic E-state index is 6.15. The standard InChI is InChI=1S/C26H54O2/c1-4-7-10-12-14-16-18-20-23-27-25-26(22-9-6-3)28-24-21-19-17-15-13-11-8-5-2/h26H,4-25H2,1-3H3. The Morgan fingerprint density at radius 3 is 1.39 bits per heavy atom. The molecule has 0 N–H and O–H groups in total. The number of hydrogen-bond acceptors (Lipinski definition) is 2. The van der Waals surface area contributed by atoms with Crippen LogP contribution in [0, 0.1) is 0 Å². The van der Waals surface area contributed by atoms with Gasteiger partial charge in [0.25, 0.3) is 0 Å². The molecule has 0 aromatic heterocycles. The van der Waals surface area contributed by atoms with Crippen molar-refractivity contribution in [3.05, 3.63) is 0 Å². The second kappa shape index (κ2) is 25.0. The maximum absolute atomic E-state index is 6.15. The van der Waals surface area contributed by atoms with E-state index in [1.807, 2.05) is 0 Å². The van der Waals surface area contributed by atoms with Crippen molar-refractivity contribution in [2.24, 2.45) is 0 Å². The van der Waals surface area contributed by atoms with E-state index >= 15 is 0 Å². The van der Waals surface area contributed by atoms with Crippen molar-refractivity contribution in [3.8, 4) is 0 Å². The van der Waals surface area contributed by atoms with Crippen LogP contribution in [0.3, 0.4) is 0 Å². The first-order chi connectivity index (χ1) is 13.8. The zero-order valence-electron chi connectivity index (χ0n) is 20.0. The lowest BCUT2D eigenvalue weighted by Gasteiger charge is -2.18. The van der Waals surface area contributed by atoms with Crippen LogP contribution in [-0.4, -0.2) is 25.9 Å². The molecule has 0 aromatic carbocycles. The molecule has 0 heterocycles.